The molecule has 0 aliphatic rings. The fraction of sp³-hybridized carbons (Fsp3) is 0.158. The van der Waals surface area contributed by atoms with Crippen LogP contribution in [0.2, 0.25) is 0 Å². The summed E-state index contributed by atoms with van der Waals surface area (Å²) in [7, 11) is 3.53. The molecular formula is C19H18N2O. The zero-order valence-corrected chi connectivity index (χ0v) is 13.0. The molecular weight excluding hydrogens is 272 g/mol. The molecule has 3 aromatic rings. The van der Waals surface area contributed by atoms with Crippen molar-refractivity contribution in [2.75, 3.05) is 14.1 Å². The van der Waals surface area contributed by atoms with Gasteiger partial charge >= 0.3 is 0 Å². The van der Waals surface area contributed by atoms with E-state index in [4.69, 9.17) is 0 Å². The number of benzene rings is 2. The molecule has 0 atom stereocenters. The van der Waals surface area contributed by atoms with Crippen LogP contribution in [0, 0.1) is 6.92 Å². The normalized spacial score (nSPS) is 10.7. The Bertz CT molecular complexity index is 853. The minimum absolute atomic E-state index is 0.0102. The van der Waals surface area contributed by atoms with Crippen LogP contribution >= 0.6 is 0 Å². The Hall–Kier alpha value is -2.68. The minimum atomic E-state index is 0.0102. The van der Waals surface area contributed by atoms with Crippen molar-refractivity contribution in [3.05, 3.63) is 65.9 Å². The molecule has 0 fully saturated rings. The summed E-state index contributed by atoms with van der Waals surface area (Å²) in [6.45, 7) is 1.99. The largest absolute Gasteiger partial charge is 0.345 e. The number of nitrogens with zero attached hydrogens (tertiary/aromatic N) is 2. The van der Waals surface area contributed by atoms with Crippen LogP contribution in [0.3, 0.4) is 0 Å². The van der Waals surface area contributed by atoms with E-state index in [0.717, 1.165) is 27.7 Å². The Morgan fingerprint density at radius 1 is 1.00 bits per heavy atom. The van der Waals surface area contributed by atoms with Crippen molar-refractivity contribution in [2.45, 2.75) is 6.92 Å². The number of hydrogen-bond acceptors (Lipinski definition) is 2. The lowest BCUT2D eigenvalue weighted by Crippen LogP contribution is -2.21. The van der Waals surface area contributed by atoms with Gasteiger partial charge in [0.15, 0.2) is 0 Å². The average Bonchev–Trinajstić information content (AvgIpc) is 2.53. The van der Waals surface area contributed by atoms with Gasteiger partial charge in [-0.2, -0.15) is 0 Å². The molecule has 1 heterocycles. The van der Waals surface area contributed by atoms with E-state index in [1.165, 1.54) is 0 Å². The zero-order valence-electron chi connectivity index (χ0n) is 13.0. The van der Waals surface area contributed by atoms with Crippen molar-refractivity contribution in [1.82, 2.24) is 9.88 Å². The highest BCUT2D eigenvalue weighted by atomic mass is 16.2. The standard InChI is InChI=1S/C19H18N2O/c1-13-10-11-17-16(8-5-9-18(17)20-13)14-6-4-7-15(12-14)19(22)21(2)3/h4-12H,1-3H3. The van der Waals surface area contributed by atoms with Crippen molar-refractivity contribution in [1.29, 1.82) is 0 Å². The molecule has 22 heavy (non-hydrogen) atoms. The Morgan fingerprint density at radius 2 is 1.77 bits per heavy atom. The van der Waals surface area contributed by atoms with E-state index in [1.807, 2.05) is 49.4 Å². The van der Waals surface area contributed by atoms with Gasteiger partial charge in [0, 0.05) is 30.7 Å². The summed E-state index contributed by atoms with van der Waals surface area (Å²) < 4.78 is 0. The van der Waals surface area contributed by atoms with Crippen molar-refractivity contribution in [3.63, 3.8) is 0 Å². The van der Waals surface area contributed by atoms with Crippen molar-refractivity contribution in [2.24, 2.45) is 0 Å². The number of hydrogen-bond donors (Lipinski definition) is 0. The highest BCUT2D eigenvalue weighted by Crippen LogP contribution is 2.28. The molecule has 0 radical (unpaired) electrons. The van der Waals surface area contributed by atoms with E-state index >= 15 is 0 Å². The summed E-state index contributed by atoms with van der Waals surface area (Å²) in [5.74, 6) is 0.0102. The lowest BCUT2D eigenvalue weighted by atomic mass is 9.98. The van der Waals surface area contributed by atoms with Crippen molar-refractivity contribution >= 4 is 16.8 Å². The number of rotatable bonds is 2. The molecule has 1 aromatic heterocycles. The highest BCUT2D eigenvalue weighted by Gasteiger charge is 2.10. The van der Waals surface area contributed by atoms with Gasteiger partial charge < -0.3 is 4.90 Å². The third kappa shape index (κ3) is 2.58. The fourth-order valence-corrected chi connectivity index (χ4v) is 2.59. The van der Waals surface area contributed by atoms with Gasteiger partial charge in [0.2, 0.25) is 0 Å². The van der Waals surface area contributed by atoms with Gasteiger partial charge in [-0.3, -0.25) is 9.78 Å². The molecule has 1 amide bonds. The number of carbonyl (C=O) groups excluding carboxylic acids is 1. The number of fused-ring (bicyclic) bond motifs is 1. The van der Waals surface area contributed by atoms with Gasteiger partial charge in [-0.05, 0) is 42.3 Å². The van der Waals surface area contributed by atoms with Crippen LogP contribution in [-0.4, -0.2) is 29.9 Å². The number of aryl methyl sites for hydroxylation is 1. The first-order chi connectivity index (χ1) is 10.6. The predicted molar refractivity (Wildman–Crippen MR) is 89.9 cm³/mol. The predicted octanol–water partition coefficient (Wildman–Crippen LogP) is 3.91. The Labute approximate surface area is 130 Å². The van der Waals surface area contributed by atoms with E-state index < -0.39 is 0 Å². The number of aromatic nitrogens is 1. The van der Waals surface area contributed by atoms with Gasteiger partial charge in [0.25, 0.3) is 5.91 Å². The van der Waals surface area contributed by atoms with Gasteiger partial charge in [-0.15, -0.1) is 0 Å². The van der Waals surface area contributed by atoms with E-state index in [2.05, 4.69) is 17.1 Å². The smallest absolute Gasteiger partial charge is 0.253 e. The first-order valence-corrected chi connectivity index (χ1v) is 7.25. The maximum Gasteiger partial charge on any atom is 0.253 e. The van der Waals surface area contributed by atoms with Crippen LogP contribution < -0.4 is 0 Å². The van der Waals surface area contributed by atoms with Crippen LogP contribution in [0.5, 0.6) is 0 Å². The summed E-state index contributed by atoms with van der Waals surface area (Å²) in [5.41, 5.74) is 4.80. The van der Waals surface area contributed by atoms with Crippen LogP contribution in [-0.2, 0) is 0 Å². The molecule has 3 heteroatoms. The Morgan fingerprint density at radius 3 is 2.55 bits per heavy atom. The molecule has 0 N–H and O–H groups in total. The maximum absolute atomic E-state index is 12.1. The number of pyridine rings is 1. The number of amides is 1. The molecule has 0 saturated carbocycles. The monoisotopic (exact) mass is 290 g/mol. The van der Waals surface area contributed by atoms with Crippen LogP contribution in [0.25, 0.3) is 22.0 Å². The van der Waals surface area contributed by atoms with E-state index in [-0.39, 0.29) is 5.91 Å². The fourth-order valence-electron chi connectivity index (χ4n) is 2.59. The second-order valence-corrected chi connectivity index (χ2v) is 5.61. The third-order valence-electron chi connectivity index (χ3n) is 3.70. The van der Waals surface area contributed by atoms with Gasteiger partial charge in [0.1, 0.15) is 0 Å². The minimum Gasteiger partial charge on any atom is -0.345 e. The Balaban J connectivity index is 2.16. The summed E-state index contributed by atoms with van der Waals surface area (Å²) in [4.78, 5) is 18.3. The SMILES string of the molecule is Cc1ccc2c(-c3cccc(C(=O)N(C)C)c3)cccc2n1. The van der Waals surface area contributed by atoms with Gasteiger partial charge in [0.05, 0.1) is 5.52 Å². The molecule has 0 spiro atoms. The van der Waals surface area contributed by atoms with E-state index in [9.17, 15) is 4.79 Å². The molecule has 3 rings (SSSR count). The molecule has 0 saturated heterocycles. The average molecular weight is 290 g/mol. The summed E-state index contributed by atoms with van der Waals surface area (Å²) in [5, 5.41) is 1.10. The summed E-state index contributed by atoms with van der Waals surface area (Å²) >= 11 is 0. The van der Waals surface area contributed by atoms with E-state index in [1.54, 1.807) is 19.0 Å². The summed E-state index contributed by atoms with van der Waals surface area (Å²) in [6, 6.07) is 17.9. The van der Waals surface area contributed by atoms with Crippen LogP contribution in [0.1, 0.15) is 16.1 Å². The molecule has 2 aromatic carbocycles. The first kappa shape index (κ1) is 14.3. The van der Waals surface area contributed by atoms with Crippen LogP contribution in [0.4, 0.5) is 0 Å². The molecule has 110 valence electrons. The quantitative estimate of drug-likeness (QED) is 0.717. The van der Waals surface area contributed by atoms with Gasteiger partial charge in [-0.1, -0.05) is 30.3 Å². The molecule has 0 unspecified atom stereocenters. The van der Waals surface area contributed by atoms with Crippen molar-refractivity contribution in [3.8, 4) is 11.1 Å². The lowest BCUT2D eigenvalue weighted by molar-refractivity contribution is 0.0827. The second-order valence-electron chi connectivity index (χ2n) is 5.61. The highest BCUT2D eigenvalue weighted by molar-refractivity contribution is 5.98. The maximum atomic E-state index is 12.1. The van der Waals surface area contributed by atoms with Crippen molar-refractivity contribution < 1.29 is 4.79 Å². The molecule has 0 aliphatic carbocycles. The molecule has 0 aliphatic heterocycles. The topological polar surface area (TPSA) is 33.2 Å². The molecule has 0 bridgehead atoms. The molecule has 3 nitrogen and oxygen atoms in total. The number of carbonyl (C=O) groups is 1. The first-order valence-electron chi connectivity index (χ1n) is 7.25. The third-order valence-corrected chi connectivity index (χ3v) is 3.70. The second kappa shape index (κ2) is 5.60. The lowest BCUT2D eigenvalue weighted by Gasteiger charge is -2.12. The summed E-state index contributed by atoms with van der Waals surface area (Å²) in [6.07, 6.45) is 0. The van der Waals surface area contributed by atoms with Gasteiger partial charge in [-0.25, -0.2) is 0 Å². The Kier molecular flexibility index (Phi) is 3.63. The van der Waals surface area contributed by atoms with Crippen LogP contribution in [0.15, 0.2) is 54.6 Å². The zero-order chi connectivity index (χ0) is 15.7. The van der Waals surface area contributed by atoms with E-state index in [0.29, 0.717) is 5.56 Å².